The summed E-state index contributed by atoms with van der Waals surface area (Å²) >= 11 is 0. The van der Waals surface area contributed by atoms with Crippen LogP contribution in [0.2, 0.25) is 0 Å². The highest BCUT2D eigenvalue weighted by molar-refractivity contribution is 5.95. The van der Waals surface area contributed by atoms with Crippen molar-refractivity contribution in [2.45, 2.75) is 31.2 Å². The van der Waals surface area contributed by atoms with Crippen molar-refractivity contribution in [1.82, 2.24) is 10.2 Å². The first-order valence-electron chi connectivity index (χ1n) is 11.6. The molecule has 2 fully saturated rings. The van der Waals surface area contributed by atoms with Crippen LogP contribution in [0.15, 0.2) is 48.5 Å². The average molecular weight is 420 g/mol. The van der Waals surface area contributed by atoms with Crippen LogP contribution in [-0.4, -0.2) is 57.2 Å². The Hall–Kier alpha value is -2.37. The van der Waals surface area contributed by atoms with Gasteiger partial charge in [-0.2, -0.15) is 0 Å². The number of hydrogen-bond donors (Lipinski definition) is 1. The van der Waals surface area contributed by atoms with Crippen molar-refractivity contribution in [3.63, 3.8) is 0 Å². The van der Waals surface area contributed by atoms with E-state index in [1.807, 2.05) is 36.4 Å². The number of amides is 1. The van der Waals surface area contributed by atoms with E-state index >= 15 is 0 Å². The number of rotatable bonds is 5. The van der Waals surface area contributed by atoms with E-state index in [4.69, 9.17) is 4.74 Å². The number of hydrogen-bond acceptors (Lipinski definition) is 4. The molecule has 3 aliphatic rings. The molecule has 164 valence electrons. The number of nitrogens with zero attached hydrogens (tertiary/aromatic N) is 2. The Balaban J connectivity index is 1.37. The fourth-order valence-electron chi connectivity index (χ4n) is 5.63. The monoisotopic (exact) mass is 419 g/mol. The average Bonchev–Trinajstić information content (AvgIpc) is 3.32. The molecular formula is C26H33N3O2. The number of fused-ring (bicyclic) bond motifs is 2. The highest BCUT2D eigenvalue weighted by Gasteiger charge is 2.46. The normalized spacial score (nSPS) is 24.0. The minimum atomic E-state index is 0.0102. The van der Waals surface area contributed by atoms with Crippen molar-refractivity contribution >= 4 is 11.6 Å². The summed E-state index contributed by atoms with van der Waals surface area (Å²) in [5.41, 5.74) is 4.74. The Kier molecular flexibility index (Phi) is 5.72. The van der Waals surface area contributed by atoms with E-state index in [2.05, 4.69) is 34.3 Å². The smallest absolute Gasteiger partial charge is 0.251 e. The van der Waals surface area contributed by atoms with E-state index < -0.39 is 0 Å². The molecule has 0 saturated carbocycles. The maximum Gasteiger partial charge on any atom is 0.251 e. The Morgan fingerprint density at radius 2 is 1.94 bits per heavy atom. The fourth-order valence-corrected chi connectivity index (χ4v) is 5.63. The van der Waals surface area contributed by atoms with E-state index in [0.29, 0.717) is 12.5 Å². The first kappa shape index (κ1) is 20.5. The van der Waals surface area contributed by atoms with Crippen LogP contribution < -0.4 is 10.2 Å². The molecule has 5 nitrogen and oxygen atoms in total. The zero-order valence-corrected chi connectivity index (χ0v) is 18.5. The van der Waals surface area contributed by atoms with Gasteiger partial charge in [0, 0.05) is 56.1 Å². The standard InChI is InChI=1S/C26H33N3O2/c1-28-12-11-26(18-28)19-29(17-21-9-13-31-14-10-21)24-8-7-22(15-23(24)26)25(30)27-16-20-5-3-2-4-6-20/h2-8,15,21H,9-14,16-19H2,1H3,(H,27,30). The van der Waals surface area contributed by atoms with Crippen LogP contribution >= 0.6 is 0 Å². The zero-order chi connectivity index (χ0) is 21.3. The molecule has 31 heavy (non-hydrogen) atoms. The Labute approximate surface area is 185 Å². The highest BCUT2D eigenvalue weighted by atomic mass is 16.5. The molecule has 5 heteroatoms. The van der Waals surface area contributed by atoms with Gasteiger partial charge in [-0.1, -0.05) is 30.3 Å². The van der Waals surface area contributed by atoms with E-state index in [1.54, 1.807) is 0 Å². The number of benzene rings is 2. The summed E-state index contributed by atoms with van der Waals surface area (Å²) < 4.78 is 5.57. The molecule has 2 saturated heterocycles. The van der Waals surface area contributed by atoms with Crippen molar-refractivity contribution in [3.05, 3.63) is 65.2 Å². The van der Waals surface area contributed by atoms with Crippen molar-refractivity contribution in [2.24, 2.45) is 5.92 Å². The SMILES string of the molecule is CN1CCC2(C1)CN(CC1CCOCC1)c1ccc(C(=O)NCc3ccccc3)cc12. The predicted molar refractivity (Wildman–Crippen MR) is 124 cm³/mol. The van der Waals surface area contributed by atoms with Gasteiger partial charge in [0.15, 0.2) is 0 Å². The molecule has 5 rings (SSSR count). The molecule has 2 aromatic rings. The van der Waals surface area contributed by atoms with Gasteiger partial charge < -0.3 is 19.9 Å². The Morgan fingerprint density at radius 1 is 1.13 bits per heavy atom. The van der Waals surface area contributed by atoms with Gasteiger partial charge in [-0.3, -0.25) is 4.79 Å². The minimum Gasteiger partial charge on any atom is -0.381 e. The quantitative estimate of drug-likeness (QED) is 0.807. The van der Waals surface area contributed by atoms with Crippen LogP contribution in [-0.2, 0) is 16.7 Å². The Morgan fingerprint density at radius 3 is 2.68 bits per heavy atom. The second kappa shape index (κ2) is 8.64. The molecule has 0 aromatic heterocycles. The highest BCUT2D eigenvalue weighted by Crippen LogP contribution is 2.47. The number of likely N-dealkylation sites (tertiary alicyclic amines) is 1. The lowest BCUT2D eigenvalue weighted by molar-refractivity contribution is 0.0681. The molecule has 1 spiro atoms. The maximum atomic E-state index is 12.9. The first-order chi connectivity index (χ1) is 15.1. The number of nitrogens with one attached hydrogen (secondary N) is 1. The molecule has 0 radical (unpaired) electrons. The fraction of sp³-hybridized carbons (Fsp3) is 0.500. The van der Waals surface area contributed by atoms with Gasteiger partial charge in [0.25, 0.3) is 5.91 Å². The van der Waals surface area contributed by atoms with E-state index in [1.165, 1.54) is 11.3 Å². The van der Waals surface area contributed by atoms with Crippen LogP contribution in [0.3, 0.4) is 0 Å². The summed E-state index contributed by atoms with van der Waals surface area (Å²) in [5.74, 6) is 0.709. The van der Waals surface area contributed by atoms with Gasteiger partial charge in [0.1, 0.15) is 0 Å². The van der Waals surface area contributed by atoms with Crippen molar-refractivity contribution < 1.29 is 9.53 Å². The maximum absolute atomic E-state index is 12.9. The zero-order valence-electron chi connectivity index (χ0n) is 18.5. The third kappa shape index (κ3) is 4.21. The van der Waals surface area contributed by atoms with Crippen molar-refractivity contribution in [1.29, 1.82) is 0 Å². The van der Waals surface area contributed by atoms with Crippen LogP contribution in [0.1, 0.15) is 40.7 Å². The van der Waals surface area contributed by atoms with Crippen molar-refractivity contribution in [3.8, 4) is 0 Å². The van der Waals surface area contributed by atoms with Crippen LogP contribution in [0, 0.1) is 5.92 Å². The lowest BCUT2D eigenvalue weighted by atomic mass is 9.81. The van der Waals surface area contributed by atoms with Gasteiger partial charge in [-0.25, -0.2) is 0 Å². The van der Waals surface area contributed by atoms with E-state index in [0.717, 1.165) is 69.8 Å². The van der Waals surface area contributed by atoms with E-state index in [9.17, 15) is 4.79 Å². The second-order valence-electron chi connectivity index (χ2n) is 9.60. The first-order valence-corrected chi connectivity index (χ1v) is 11.6. The van der Waals surface area contributed by atoms with Crippen LogP contribution in [0.4, 0.5) is 5.69 Å². The minimum absolute atomic E-state index is 0.0102. The van der Waals surface area contributed by atoms with Crippen LogP contribution in [0.25, 0.3) is 0 Å². The van der Waals surface area contributed by atoms with Crippen LogP contribution in [0.5, 0.6) is 0 Å². The molecular weight excluding hydrogens is 386 g/mol. The molecule has 3 heterocycles. The molecule has 1 atom stereocenters. The van der Waals surface area contributed by atoms with Crippen molar-refractivity contribution in [2.75, 3.05) is 51.3 Å². The van der Waals surface area contributed by atoms with Gasteiger partial charge >= 0.3 is 0 Å². The molecule has 2 aromatic carbocycles. The van der Waals surface area contributed by atoms with Gasteiger partial charge in [0.05, 0.1) is 0 Å². The summed E-state index contributed by atoms with van der Waals surface area (Å²) in [6, 6.07) is 16.5. The summed E-state index contributed by atoms with van der Waals surface area (Å²) in [5, 5.41) is 3.09. The summed E-state index contributed by atoms with van der Waals surface area (Å²) in [6.07, 6.45) is 3.47. The summed E-state index contributed by atoms with van der Waals surface area (Å²) in [4.78, 5) is 18.0. The lowest BCUT2D eigenvalue weighted by Gasteiger charge is -2.30. The molecule has 1 N–H and O–H groups in total. The van der Waals surface area contributed by atoms with E-state index in [-0.39, 0.29) is 11.3 Å². The molecule has 0 aliphatic carbocycles. The molecule has 0 bridgehead atoms. The molecule has 1 amide bonds. The summed E-state index contributed by atoms with van der Waals surface area (Å²) in [7, 11) is 2.21. The predicted octanol–water partition coefficient (Wildman–Crippen LogP) is 3.44. The van der Waals surface area contributed by atoms with Gasteiger partial charge in [0.2, 0.25) is 0 Å². The number of carbonyl (C=O) groups excluding carboxylic acids is 1. The number of ether oxygens (including phenoxy) is 1. The lowest BCUT2D eigenvalue weighted by Crippen LogP contribution is -2.38. The number of anilines is 1. The van der Waals surface area contributed by atoms with Gasteiger partial charge in [-0.05, 0) is 68.1 Å². The second-order valence-corrected chi connectivity index (χ2v) is 9.60. The third-order valence-electron chi connectivity index (χ3n) is 7.32. The summed E-state index contributed by atoms with van der Waals surface area (Å²) in [6.45, 7) is 6.69. The number of carbonyl (C=O) groups is 1. The molecule has 3 aliphatic heterocycles. The molecule has 1 unspecified atom stereocenters. The largest absolute Gasteiger partial charge is 0.381 e. The topological polar surface area (TPSA) is 44.8 Å². The van der Waals surface area contributed by atoms with Gasteiger partial charge in [-0.15, -0.1) is 0 Å². The Bertz CT molecular complexity index is 926. The third-order valence-corrected chi connectivity index (χ3v) is 7.32. The number of likely N-dealkylation sites (N-methyl/N-ethyl adjacent to an activating group) is 1.